The molecule has 0 saturated carbocycles. The van der Waals surface area contributed by atoms with E-state index in [0.29, 0.717) is 12.5 Å². The molecule has 80 valence electrons. The first kappa shape index (κ1) is 10.4. The summed E-state index contributed by atoms with van der Waals surface area (Å²) in [5.41, 5.74) is 1.27. The quantitative estimate of drug-likeness (QED) is 0.700. The Balaban J connectivity index is 2.15. The fourth-order valence-electron chi connectivity index (χ4n) is 2.32. The van der Waals surface area contributed by atoms with Crippen LogP contribution in [0.5, 0.6) is 0 Å². The molecule has 0 aliphatic carbocycles. The third kappa shape index (κ3) is 2.45. The molecule has 1 aliphatic heterocycles. The molecule has 2 heteroatoms. The Morgan fingerprint density at radius 2 is 1.87 bits per heavy atom. The molecule has 0 N–H and O–H groups in total. The lowest BCUT2D eigenvalue weighted by atomic mass is 10.0. The molecule has 1 fully saturated rings. The molecule has 15 heavy (non-hydrogen) atoms. The molecule has 0 bridgehead atoms. The molecular weight excluding hydrogens is 186 g/mol. The summed E-state index contributed by atoms with van der Waals surface area (Å²) in [6.45, 7) is 2.26. The van der Waals surface area contributed by atoms with Crippen molar-refractivity contribution in [1.82, 2.24) is 4.90 Å². The van der Waals surface area contributed by atoms with Gasteiger partial charge in [0.25, 0.3) is 0 Å². The maximum absolute atomic E-state index is 10.7. The molecule has 0 radical (unpaired) electrons. The van der Waals surface area contributed by atoms with Crippen LogP contribution >= 0.6 is 0 Å². The van der Waals surface area contributed by atoms with Crippen LogP contribution in [0.25, 0.3) is 0 Å². The standard InChI is InChI=1S/C13H17NO/c15-11-8-13(14-9-4-5-10-14)12-6-2-1-3-7-12/h1-3,6-7,11,13H,4-5,8-10H2. The molecule has 1 aliphatic rings. The predicted molar refractivity (Wildman–Crippen MR) is 60.7 cm³/mol. The van der Waals surface area contributed by atoms with E-state index in [2.05, 4.69) is 17.0 Å². The Bertz CT molecular complexity index is 304. The predicted octanol–water partition coefficient (Wildman–Crippen LogP) is 2.41. The lowest BCUT2D eigenvalue weighted by molar-refractivity contribution is -0.108. The molecule has 1 saturated heterocycles. The van der Waals surface area contributed by atoms with Gasteiger partial charge in [0.15, 0.2) is 0 Å². The minimum atomic E-state index is 0.297. The number of likely N-dealkylation sites (tertiary alicyclic amines) is 1. The lowest BCUT2D eigenvalue weighted by Gasteiger charge is -2.26. The SMILES string of the molecule is O=CCC(c1ccccc1)N1CCCC1. The largest absolute Gasteiger partial charge is 0.303 e. The Morgan fingerprint density at radius 1 is 1.20 bits per heavy atom. The van der Waals surface area contributed by atoms with Gasteiger partial charge in [-0.15, -0.1) is 0 Å². The van der Waals surface area contributed by atoms with Crippen LogP contribution in [0, 0.1) is 0 Å². The second-order valence-electron chi connectivity index (χ2n) is 4.07. The topological polar surface area (TPSA) is 20.3 Å². The van der Waals surface area contributed by atoms with E-state index in [1.165, 1.54) is 18.4 Å². The lowest BCUT2D eigenvalue weighted by Crippen LogP contribution is -2.25. The average Bonchev–Trinajstić information content (AvgIpc) is 2.80. The highest BCUT2D eigenvalue weighted by Crippen LogP contribution is 2.26. The van der Waals surface area contributed by atoms with Gasteiger partial charge in [-0.2, -0.15) is 0 Å². The minimum Gasteiger partial charge on any atom is -0.303 e. The molecule has 1 unspecified atom stereocenters. The number of rotatable bonds is 4. The van der Waals surface area contributed by atoms with Gasteiger partial charge in [-0.3, -0.25) is 4.90 Å². The van der Waals surface area contributed by atoms with Gasteiger partial charge in [0.1, 0.15) is 6.29 Å². The Hall–Kier alpha value is -1.15. The van der Waals surface area contributed by atoms with Crippen molar-refractivity contribution in [2.45, 2.75) is 25.3 Å². The molecule has 1 aromatic rings. The number of nitrogens with zero attached hydrogens (tertiary/aromatic N) is 1. The molecular formula is C13H17NO. The molecule has 1 atom stereocenters. The fraction of sp³-hybridized carbons (Fsp3) is 0.462. The second-order valence-corrected chi connectivity index (χ2v) is 4.07. The summed E-state index contributed by atoms with van der Waals surface area (Å²) < 4.78 is 0. The van der Waals surface area contributed by atoms with E-state index in [-0.39, 0.29) is 0 Å². The fourth-order valence-corrected chi connectivity index (χ4v) is 2.32. The van der Waals surface area contributed by atoms with E-state index in [9.17, 15) is 4.79 Å². The maximum Gasteiger partial charge on any atom is 0.121 e. The van der Waals surface area contributed by atoms with Gasteiger partial charge in [-0.05, 0) is 31.5 Å². The van der Waals surface area contributed by atoms with Crippen LogP contribution in [0.4, 0.5) is 0 Å². The Labute approximate surface area is 90.9 Å². The maximum atomic E-state index is 10.7. The monoisotopic (exact) mass is 203 g/mol. The summed E-state index contributed by atoms with van der Waals surface area (Å²) in [5.74, 6) is 0. The van der Waals surface area contributed by atoms with Gasteiger partial charge in [0.2, 0.25) is 0 Å². The first-order valence-corrected chi connectivity index (χ1v) is 5.64. The number of hydrogen-bond donors (Lipinski definition) is 0. The molecule has 1 aromatic carbocycles. The van der Waals surface area contributed by atoms with E-state index in [0.717, 1.165) is 19.4 Å². The van der Waals surface area contributed by atoms with Crippen LogP contribution in [-0.2, 0) is 4.79 Å². The molecule has 2 nitrogen and oxygen atoms in total. The number of hydrogen-bond acceptors (Lipinski definition) is 2. The molecule has 2 rings (SSSR count). The van der Waals surface area contributed by atoms with Crippen LogP contribution in [0.3, 0.4) is 0 Å². The third-order valence-electron chi connectivity index (χ3n) is 3.09. The zero-order chi connectivity index (χ0) is 10.5. The third-order valence-corrected chi connectivity index (χ3v) is 3.09. The van der Waals surface area contributed by atoms with E-state index in [1.807, 2.05) is 18.2 Å². The average molecular weight is 203 g/mol. The number of benzene rings is 1. The van der Waals surface area contributed by atoms with Crippen LogP contribution in [0.1, 0.15) is 30.9 Å². The second kappa shape index (κ2) is 5.08. The number of carbonyl (C=O) groups excluding carboxylic acids is 1. The van der Waals surface area contributed by atoms with Gasteiger partial charge < -0.3 is 4.79 Å². The van der Waals surface area contributed by atoms with Gasteiger partial charge in [0, 0.05) is 12.5 Å². The van der Waals surface area contributed by atoms with E-state index < -0.39 is 0 Å². The van der Waals surface area contributed by atoms with Crippen molar-refractivity contribution in [2.24, 2.45) is 0 Å². The molecule has 0 aromatic heterocycles. The molecule has 0 spiro atoms. The van der Waals surface area contributed by atoms with E-state index >= 15 is 0 Å². The summed E-state index contributed by atoms with van der Waals surface area (Å²) in [6, 6.07) is 10.6. The van der Waals surface area contributed by atoms with Gasteiger partial charge in [-0.1, -0.05) is 30.3 Å². The molecule has 0 amide bonds. The van der Waals surface area contributed by atoms with Crippen LogP contribution < -0.4 is 0 Å². The highest BCUT2D eigenvalue weighted by molar-refractivity contribution is 5.51. The minimum absolute atomic E-state index is 0.297. The summed E-state index contributed by atoms with van der Waals surface area (Å²) in [5, 5.41) is 0. The van der Waals surface area contributed by atoms with Crippen LogP contribution in [-0.4, -0.2) is 24.3 Å². The van der Waals surface area contributed by atoms with E-state index in [4.69, 9.17) is 0 Å². The molecule has 1 heterocycles. The van der Waals surface area contributed by atoms with Crippen molar-refractivity contribution in [1.29, 1.82) is 0 Å². The van der Waals surface area contributed by atoms with Gasteiger partial charge in [0.05, 0.1) is 0 Å². The highest BCUT2D eigenvalue weighted by atomic mass is 16.1. The van der Waals surface area contributed by atoms with Gasteiger partial charge in [-0.25, -0.2) is 0 Å². The Kier molecular flexibility index (Phi) is 3.51. The van der Waals surface area contributed by atoms with Crippen LogP contribution in [0.2, 0.25) is 0 Å². The van der Waals surface area contributed by atoms with Crippen molar-refractivity contribution >= 4 is 6.29 Å². The van der Waals surface area contributed by atoms with Crippen molar-refractivity contribution in [3.8, 4) is 0 Å². The highest BCUT2D eigenvalue weighted by Gasteiger charge is 2.22. The normalized spacial score (nSPS) is 18.9. The van der Waals surface area contributed by atoms with Crippen LogP contribution in [0.15, 0.2) is 30.3 Å². The smallest absolute Gasteiger partial charge is 0.121 e. The summed E-state index contributed by atoms with van der Waals surface area (Å²) in [4.78, 5) is 13.1. The van der Waals surface area contributed by atoms with Gasteiger partial charge >= 0.3 is 0 Å². The summed E-state index contributed by atoms with van der Waals surface area (Å²) in [7, 11) is 0. The zero-order valence-corrected chi connectivity index (χ0v) is 8.93. The summed E-state index contributed by atoms with van der Waals surface area (Å²) >= 11 is 0. The van der Waals surface area contributed by atoms with E-state index in [1.54, 1.807) is 0 Å². The van der Waals surface area contributed by atoms with Crippen molar-refractivity contribution in [3.63, 3.8) is 0 Å². The summed E-state index contributed by atoms with van der Waals surface area (Å²) in [6.07, 6.45) is 4.18. The Morgan fingerprint density at radius 3 is 2.47 bits per heavy atom. The zero-order valence-electron chi connectivity index (χ0n) is 8.93. The first-order chi connectivity index (χ1) is 7.42. The number of aldehydes is 1. The van der Waals surface area contributed by atoms with Crippen molar-refractivity contribution < 1.29 is 4.79 Å². The first-order valence-electron chi connectivity index (χ1n) is 5.64. The van der Waals surface area contributed by atoms with Crippen molar-refractivity contribution in [3.05, 3.63) is 35.9 Å². The number of carbonyl (C=O) groups is 1. The van der Waals surface area contributed by atoms with Crippen molar-refractivity contribution in [2.75, 3.05) is 13.1 Å².